The molecule has 0 amide bonds. The number of hydrogen-bond donors (Lipinski definition) is 11. The average Bonchev–Trinajstić information content (AvgIpc) is 3.43. The highest BCUT2D eigenvalue weighted by atomic mass is 16.8. The van der Waals surface area contributed by atoms with E-state index in [4.69, 9.17) is 34.3 Å². The molecule has 0 aliphatic carbocycles. The Bertz CT molecular complexity index is 1080. The van der Waals surface area contributed by atoms with E-state index in [1.165, 1.54) is 10.8 Å². The normalized spacial score (nSPS) is 41.5. The van der Waals surface area contributed by atoms with E-state index in [9.17, 15) is 45.3 Å². The first-order chi connectivity index (χ1) is 18.8. The zero-order valence-electron chi connectivity index (χ0n) is 21.3. The number of aryl methyl sites for hydroxylation is 1. The van der Waals surface area contributed by atoms with Gasteiger partial charge in [-0.15, -0.1) is 0 Å². The third-order valence-electron chi connectivity index (χ3n) is 6.91. The first-order valence-electron chi connectivity index (χ1n) is 12.3. The molecule has 4 rings (SSSR count). The van der Waals surface area contributed by atoms with Gasteiger partial charge in [0, 0.05) is 18.2 Å². The maximum Gasteiger partial charge on any atom is 0.330 e. The van der Waals surface area contributed by atoms with Crippen LogP contribution >= 0.6 is 0 Å². The molecule has 3 fully saturated rings. The molecule has 3 aliphatic rings. The number of nitrogens with zero attached hydrogens (tertiary/aromatic N) is 1. The molecule has 1 aromatic heterocycles. The van der Waals surface area contributed by atoms with Gasteiger partial charge in [-0.1, -0.05) is 0 Å². The van der Waals surface area contributed by atoms with Crippen molar-refractivity contribution in [2.45, 2.75) is 86.6 Å². The molecule has 40 heavy (non-hydrogen) atoms. The molecule has 0 aromatic carbocycles. The summed E-state index contributed by atoms with van der Waals surface area (Å²) in [6.07, 6.45) is -13.2. The molecule has 3 saturated heterocycles. The van der Waals surface area contributed by atoms with Crippen LogP contribution in [-0.2, 0) is 18.9 Å². The summed E-state index contributed by atoms with van der Waals surface area (Å²) in [6, 6.07) is 0. The highest BCUT2D eigenvalue weighted by Crippen LogP contribution is 2.36. The van der Waals surface area contributed by atoms with Gasteiger partial charge >= 0.3 is 5.69 Å². The first kappa shape index (κ1) is 32.6. The Kier molecular flexibility index (Phi) is 10.9. The van der Waals surface area contributed by atoms with Crippen molar-refractivity contribution in [2.24, 2.45) is 0 Å². The molecule has 0 radical (unpaired) electrons. The van der Waals surface area contributed by atoms with Gasteiger partial charge < -0.3 is 70.0 Å². The Morgan fingerprint density at radius 3 is 2.05 bits per heavy atom. The van der Waals surface area contributed by atoms with Crippen molar-refractivity contribution < 1.29 is 70.0 Å². The molecule has 4 heterocycles. The Hall–Kier alpha value is -1.88. The summed E-state index contributed by atoms with van der Waals surface area (Å²) in [6.45, 7) is -1.06. The Labute approximate surface area is 225 Å². The van der Waals surface area contributed by atoms with Crippen LogP contribution in [0.15, 0.2) is 15.8 Å². The maximum atomic E-state index is 11.6. The summed E-state index contributed by atoms with van der Waals surface area (Å²) in [5, 5.41) is 95.2. The fourth-order valence-electron chi connectivity index (χ4n) is 4.48. The van der Waals surface area contributed by atoms with Crippen molar-refractivity contribution in [3.05, 3.63) is 32.6 Å². The van der Waals surface area contributed by atoms with E-state index in [0.29, 0.717) is 5.56 Å². The molecule has 230 valence electrons. The maximum absolute atomic E-state index is 11.6. The second-order valence-electron chi connectivity index (χ2n) is 9.65. The van der Waals surface area contributed by atoms with Crippen molar-refractivity contribution >= 4 is 0 Å². The van der Waals surface area contributed by atoms with Gasteiger partial charge in [0.15, 0.2) is 6.29 Å². The van der Waals surface area contributed by atoms with Crippen molar-refractivity contribution in [3.8, 4) is 0 Å². The number of aliphatic hydroxyl groups excluding tert-OH is 10. The number of aromatic amines is 1. The van der Waals surface area contributed by atoms with Gasteiger partial charge in [-0.2, -0.15) is 0 Å². The minimum Gasteiger partial charge on any atom is -0.394 e. The van der Waals surface area contributed by atoms with E-state index in [0.717, 1.165) is 0 Å². The van der Waals surface area contributed by atoms with Crippen molar-refractivity contribution in [1.82, 2.24) is 9.55 Å². The van der Waals surface area contributed by atoms with E-state index in [2.05, 4.69) is 4.98 Å². The molecule has 0 bridgehead atoms. The van der Waals surface area contributed by atoms with E-state index in [1.54, 1.807) is 6.92 Å². The fourth-order valence-corrected chi connectivity index (χ4v) is 4.48. The number of aliphatic hydroxyl groups is 10. The van der Waals surface area contributed by atoms with Crippen LogP contribution in [0.3, 0.4) is 0 Å². The van der Waals surface area contributed by atoms with Gasteiger partial charge in [0.2, 0.25) is 5.79 Å². The quantitative estimate of drug-likeness (QED) is 0.142. The van der Waals surface area contributed by atoms with Crippen molar-refractivity contribution in [3.63, 3.8) is 0 Å². The number of rotatable bonds is 7. The van der Waals surface area contributed by atoms with E-state index < -0.39 is 104 Å². The number of aromatic nitrogens is 2. The Morgan fingerprint density at radius 2 is 1.52 bits per heavy atom. The van der Waals surface area contributed by atoms with Gasteiger partial charge in [0.25, 0.3) is 5.56 Å². The fraction of sp³-hybridized carbons (Fsp3) is 0.818. The summed E-state index contributed by atoms with van der Waals surface area (Å²) in [5.41, 5.74) is -0.643. The highest BCUT2D eigenvalue weighted by molar-refractivity contribution is 5.02. The van der Waals surface area contributed by atoms with E-state index >= 15 is 0 Å². The van der Waals surface area contributed by atoms with Crippen LogP contribution in [0.1, 0.15) is 18.2 Å². The molecular formula is C22H36N2O16. The number of nitrogens with one attached hydrogen (secondary N) is 1. The van der Waals surface area contributed by atoms with Crippen LogP contribution in [0.4, 0.5) is 0 Å². The number of ether oxygens (including phenoxy) is 4. The molecule has 0 spiro atoms. The second kappa shape index (κ2) is 13.4. The third-order valence-corrected chi connectivity index (χ3v) is 6.91. The monoisotopic (exact) mass is 584 g/mol. The van der Waals surface area contributed by atoms with Gasteiger partial charge in [-0.05, 0) is 6.92 Å². The molecule has 0 unspecified atom stereocenters. The lowest BCUT2D eigenvalue weighted by Gasteiger charge is -2.43. The Morgan fingerprint density at radius 1 is 0.900 bits per heavy atom. The van der Waals surface area contributed by atoms with Crippen molar-refractivity contribution in [1.29, 1.82) is 0 Å². The van der Waals surface area contributed by atoms with Crippen molar-refractivity contribution in [2.75, 3.05) is 26.4 Å². The summed E-state index contributed by atoms with van der Waals surface area (Å²) < 4.78 is 22.0. The lowest BCUT2D eigenvalue weighted by molar-refractivity contribution is -0.383. The topological polar surface area (TPSA) is 294 Å². The van der Waals surface area contributed by atoms with E-state index in [1.807, 2.05) is 0 Å². The molecule has 18 nitrogen and oxygen atoms in total. The molecular weight excluding hydrogens is 548 g/mol. The Balaban J connectivity index is 0.000000230. The molecule has 3 aliphatic heterocycles. The molecule has 12 atom stereocenters. The lowest BCUT2D eigenvalue weighted by Crippen LogP contribution is -2.62. The summed E-state index contributed by atoms with van der Waals surface area (Å²) in [4.78, 5) is 24.9. The predicted octanol–water partition coefficient (Wildman–Crippen LogP) is -6.91. The van der Waals surface area contributed by atoms with E-state index in [-0.39, 0.29) is 13.0 Å². The van der Waals surface area contributed by atoms with Crippen LogP contribution in [0.25, 0.3) is 0 Å². The highest BCUT2D eigenvalue weighted by Gasteiger charge is 2.58. The largest absolute Gasteiger partial charge is 0.394 e. The summed E-state index contributed by atoms with van der Waals surface area (Å²) in [7, 11) is 0. The minimum absolute atomic E-state index is 0.205. The second-order valence-corrected chi connectivity index (χ2v) is 9.65. The zero-order valence-corrected chi connectivity index (χ0v) is 21.3. The summed E-state index contributed by atoms with van der Waals surface area (Å²) in [5.74, 6) is -2.22. The average molecular weight is 585 g/mol. The molecule has 11 N–H and O–H groups in total. The molecule has 18 heteroatoms. The van der Waals surface area contributed by atoms with Gasteiger partial charge in [-0.3, -0.25) is 14.3 Å². The number of H-pyrrole nitrogens is 1. The van der Waals surface area contributed by atoms with Gasteiger partial charge in [0.05, 0.1) is 25.9 Å². The van der Waals surface area contributed by atoms with Crippen LogP contribution < -0.4 is 11.2 Å². The predicted molar refractivity (Wildman–Crippen MR) is 126 cm³/mol. The van der Waals surface area contributed by atoms with Crippen LogP contribution in [0, 0.1) is 6.92 Å². The smallest absolute Gasteiger partial charge is 0.330 e. The SMILES string of the molecule is Cc1cn([C@H]2C[C@H](O)[C@@H](CO)O2)c(=O)[nH]c1=O.OC[C@H]1O[C@@](CO)(O[C@H]2O[C@H](CO)[C@@H](O)[C@H](O)[C@H]2O)[C@@H](O)[C@@H]1O. The molecule has 0 saturated carbocycles. The first-order valence-corrected chi connectivity index (χ1v) is 12.3. The van der Waals surface area contributed by atoms with Gasteiger partial charge in [-0.25, -0.2) is 4.79 Å². The summed E-state index contributed by atoms with van der Waals surface area (Å²) >= 11 is 0. The zero-order chi connectivity index (χ0) is 29.9. The number of hydrogen-bond acceptors (Lipinski definition) is 16. The molecule has 1 aromatic rings. The standard InChI is InChI=1S/C12H22O11.C10H14N2O5/c13-1-4-6(16)8(18)9(19)11(21-4)23-12(3-15)10(20)7(17)5(2-14)22-12;1-5-3-12(10(16)11-9(5)15)8-2-6(14)7(4-13)17-8/h4-11,13-20H,1-3H2;3,6-8,13-14H,2,4H2,1H3,(H,11,15,16)/t4-,5-,6-,7-,8+,9-,10+,11-,12+;6-,7+,8+/m10/s1. The minimum atomic E-state index is -2.22. The van der Waals surface area contributed by atoms with Crippen LogP contribution in [0.2, 0.25) is 0 Å². The lowest BCUT2D eigenvalue weighted by atomic mass is 9.99. The third kappa shape index (κ3) is 6.45. The van der Waals surface area contributed by atoms with Crippen LogP contribution in [0.5, 0.6) is 0 Å². The van der Waals surface area contributed by atoms with Crippen LogP contribution in [-0.4, -0.2) is 154 Å². The van der Waals surface area contributed by atoms with Gasteiger partial charge in [0.1, 0.15) is 61.7 Å².